The van der Waals surface area contributed by atoms with Crippen molar-refractivity contribution in [3.63, 3.8) is 0 Å². The highest BCUT2D eigenvalue weighted by Gasteiger charge is 2.31. The van der Waals surface area contributed by atoms with Gasteiger partial charge in [-0.2, -0.15) is 4.31 Å². The van der Waals surface area contributed by atoms with E-state index in [1.54, 1.807) is 16.4 Å². The Labute approximate surface area is 202 Å². The molecule has 2 aliphatic heterocycles. The molecule has 0 N–H and O–H groups in total. The van der Waals surface area contributed by atoms with Crippen LogP contribution in [0, 0.1) is 0 Å². The minimum absolute atomic E-state index is 0.0833. The average molecular weight is 488 g/mol. The maximum atomic E-state index is 13.2. The summed E-state index contributed by atoms with van der Waals surface area (Å²) in [5.41, 5.74) is 2.15. The van der Waals surface area contributed by atoms with E-state index in [0.717, 1.165) is 35.4 Å². The Morgan fingerprint density at radius 2 is 1.70 bits per heavy atom. The highest BCUT2D eigenvalue weighted by atomic mass is 32.2. The molecule has 1 fully saturated rings. The lowest BCUT2D eigenvalue weighted by atomic mass is 10.1. The van der Waals surface area contributed by atoms with Gasteiger partial charge in [-0.3, -0.25) is 9.69 Å². The maximum Gasteiger partial charge on any atom is 0.243 e. The van der Waals surface area contributed by atoms with E-state index in [1.807, 2.05) is 47.0 Å². The molecule has 0 unspecified atom stereocenters. The van der Waals surface area contributed by atoms with Crippen LogP contribution >= 0.6 is 11.8 Å². The van der Waals surface area contributed by atoms with Gasteiger partial charge in [0.25, 0.3) is 0 Å². The third-order valence-electron chi connectivity index (χ3n) is 6.33. The highest BCUT2D eigenvalue weighted by molar-refractivity contribution is 8.00. The quantitative estimate of drug-likeness (QED) is 0.619. The fraction of sp³-hybridized carbons (Fsp3) is 0.480. The van der Waals surface area contributed by atoms with Crippen molar-refractivity contribution < 1.29 is 13.2 Å². The SMILES string of the molecule is CCCc1ccc(S(=O)(=O)N2CCN(CC(=O)N3CC[C@H](C)Sc4ccccc43)CC2)cc1. The molecular formula is C25H33N3O3S2. The van der Waals surface area contributed by atoms with Crippen LogP contribution in [0.15, 0.2) is 58.3 Å². The van der Waals surface area contributed by atoms with Crippen LogP contribution in [0.4, 0.5) is 5.69 Å². The molecule has 1 saturated heterocycles. The molecule has 33 heavy (non-hydrogen) atoms. The second kappa shape index (κ2) is 10.6. The number of thioether (sulfide) groups is 1. The summed E-state index contributed by atoms with van der Waals surface area (Å²) >= 11 is 1.82. The molecule has 4 rings (SSSR count). The van der Waals surface area contributed by atoms with Gasteiger partial charge < -0.3 is 4.90 Å². The molecule has 2 aromatic rings. The van der Waals surface area contributed by atoms with Gasteiger partial charge in [0.1, 0.15) is 0 Å². The monoisotopic (exact) mass is 487 g/mol. The summed E-state index contributed by atoms with van der Waals surface area (Å²) in [7, 11) is -3.51. The number of nitrogens with zero attached hydrogens (tertiary/aromatic N) is 3. The van der Waals surface area contributed by atoms with E-state index in [2.05, 4.69) is 24.8 Å². The van der Waals surface area contributed by atoms with Crippen molar-refractivity contribution in [2.24, 2.45) is 0 Å². The van der Waals surface area contributed by atoms with Crippen molar-refractivity contribution >= 4 is 33.4 Å². The zero-order valence-electron chi connectivity index (χ0n) is 19.4. The average Bonchev–Trinajstić information content (AvgIpc) is 2.98. The highest BCUT2D eigenvalue weighted by Crippen LogP contribution is 2.37. The zero-order chi connectivity index (χ0) is 23.4. The predicted octanol–water partition coefficient (Wildman–Crippen LogP) is 3.86. The molecule has 1 amide bonds. The summed E-state index contributed by atoms with van der Waals surface area (Å²) in [6, 6.07) is 15.3. The molecule has 2 aromatic carbocycles. The van der Waals surface area contributed by atoms with Crippen molar-refractivity contribution in [3.05, 3.63) is 54.1 Å². The lowest BCUT2D eigenvalue weighted by molar-refractivity contribution is -0.120. The fourth-order valence-electron chi connectivity index (χ4n) is 4.42. The van der Waals surface area contributed by atoms with Gasteiger partial charge in [0.15, 0.2) is 0 Å². The van der Waals surface area contributed by atoms with Gasteiger partial charge in [0.2, 0.25) is 15.9 Å². The number of hydrogen-bond donors (Lipinski definition) is 0. The minimum atomic E-state index is -3.51. The lowest BCUT2D eigenvalue weighted by Crippen LogP contribution is -2.51. The molecule has 0 bridgehead atoms. The van der Waals surface area contributed by atoms with Crippen molar-refractivity contribution in [2.75, 3.05) is 44.2 Å². The lowest BCUT2D eigenvalue weighted by Gasteiger charge is -2.34. The van der Waals surface area contributed by atoms with E-state index in [9.17, 15) is 13.2 Å². The molecular weight excluding hydrogens is 454 g/mol. The van der Waals surface area contributed by atoms with Crippen molar-refractivity contribution in [3.8, 4) is 0 Å². The standard InChI is InChI=1S/C25H33N3O3S2/c1-3-6-21-9-11-22(12-10-21)33(30,31)27-17-15-26(16-18-27)19-25(29)28-14-13-20(2)32-24-8-5-4-7-23(24)28/h4-5,7-12,20H,3,6,13-19H2,1-2H3/t20-/m0/s1. The zero-order valence-corrected chi connectivity index (χ0v) is 21.1. The van der Waals surface area contributed by atoms with E-state index in [1.165, 1.54) is 0 Å². The number of carbonyl (C=O) groups is 1. The molecule has 0 radical (unpaired) electrons. The first-order valence-electron chi connectivity index (χ1n) is 11.8. The molecule has 178 valence electrons. The fourth-order valence-corrected chi connectivity index (χ4v) is 6.95. The number of benzene rings is 2. The van der Waals surface area contributed by atoms with Gasteiger partial charge in [-0.1, -0.05) is 44.5 Å². The van der Waals surface area contributed by atoms with Crippen molar-refractivity contribution in [1.82, 2.24) is 9.21 Å². The molecule has 0 aromatic heterocycles. The number of piperazine rings is 1. The Hall–Kier alpha value is -1.87. The van der Waals surface area contributed by atoms with Crippen LogP contribution < -0.4 is 4.90 Å². The molecule has 0 spiro atoms. The topological polar surface area (TPSA) is 60.9 Å². The van der Waals surface area contributed by atoms with E-state index in [-0.39, 0.29) is 5.91 Å². The van der Waals surface area contributed by atoms with Gasteiger partial charge in [0.05, 0.1) is 17.1 Å². The van der Waals surface area contributed by atoms with Crippen LogP contribution in [0.2, 0.25) is 0 Å². The number of anilines is 1. The Kier molecular flexibility index (Phi) is 7.79. The maximum absolute atomic E-state index is 13.2. The first kappa shape index (κ1) is 24.3. The first-order valence-corrected chi connectivity index (χ1v) is 14.1. The Morgan fingerprint density at radius 1 is 1.00 bits per heavy atom. The van der Waals surface area contributed by atoms with E-state index in [0.29, 0.717) is 49.4 Å². The van der Waals surface area contributed by atoms with Gasteiger partial charge >= 0.3 is 0 Å². The summed E-state index contributed by atoms with van der Waals surface area (Å²) in [5, 5.41) is 0.466. The predicted molar refractivity (Wildman–Crippen MR) is 134 cm³/mol. The molecule has 8 heteroatoms. The third-order valence-corrected chi connectivity index (χ3v) is 9.48. The number of aryl methyl sites for hydroxylation is 1. The Balaban J connectivity index is 1.37. The van der Waals surface area contributed by atoms with Crippen LogP contribution in [-0.4, -0.2) is 68.0 Å². The molecule has 0 aliphatic carbocycles. The molecule has 1 atom stereocenters. The second-order valence-corrected chi connectivity index (χ2v) is 12.2. The number of para-hydroxylation sites is 1. The van der Waals surface area contributed by atoms with Crippen molar-refractivity contribution in [1.29, 1.82) is 0 Å². The Bertz CT molecular complexity index is 1060. The van der Waals surface area contributed by atoms with E-state index < -0.39 is 10.0 Å². The van der Waals surface area contributed by atoms with Gasteiger partial charge in [-0.25, -0.2) is 8.42 Å². The largest absolute Gasteiger partial charge is 0.310 e. The van der Waals surface area contributed by atoms with Crippen LogP contribution in [0.25, 0.3) is 0 Å². The van der Waals surface area contributed by atoms with Crippen LogP contribution in [0.5, 0.6) is 0 Å². The van der Waals surface area contributed by atoms with E-state index in [4.69, 9.17) is 0 Å². The van der Waals surface area contributed by atoms with Crippen LogP contribution in [0.1, 0.15) is 32.3 Å². The van der Waals surface area contributed by atoms with E-state index >= 15 is 0 Å². The molecule has 0 saturated carbocycles. The Morgan fingerprint density at radius 3 is 2.39 bits per heavy atom. The molecule has 2 aliphatic rings. The van der Waals surface area contributed by atoms with Crippen LogP contribution in [-0.2, 0) is 21.2 Å². The summed E-state index contributed by atoms with van der Waals surface area (Å²) < 4.78 is 27.7. The van der Waals surface area contributed by atoms with Gasteiger partial charge in [-0.05, 0) is 42.7 Å². The minimum Gasteiger partial charge on any atom is -0.310 e. The summed E-state index contributed by atoms with van der Waals surface area (Å²) in [5.74, 6) is 0.0833. The number of carbonyl (C=O) groups excluding carboxylic acids is 1. The summed E-state index contributed by atoms with van der Waals surface area (Å²) in [4.78, 5) is 18.7. The van der Waals surface area contributed by atoms with Gasteiger partial charge in [-0.15, -0.1) is 11.8 Å². The second-order valence-electron chi connectivity index (χ2n) is 8.80. The third kappa shape index (κ3) is 5.62. The van der Waals surface area contributed by atoms with Gasteiger partial charge in [0, 0.05) is 42.9 Å². The smallest absolute Gasteiger partial charge is 0.243 e. The first-order chi connectivity index (χ1) is 15.9. The van der Waals surface area contributed by atoms with Crippen LogP contribution in [0.3, 0.4) is 0 Å². The summed E-state index contributed by atoms with van der Waals surface area (Å²) in [6.07, 6.45) is 2.94. The number of rotatable bonds is 6. The summed E-state index contributed by atoms with van der Waals surface area (Å²) in [6.45, 7) is 7.25. The number of hydrogen-bond acceptors (Lipinski definition) is 5. The normalized spacial score (nSPS) is 20.3. The number of amides is 1. The molecule has 6 nitrogen and oxygen atoms in total. The van der Waals surface area contributed by atoms with Crippen molar-refractivity contribution in [2.45, 2.75) is 48.2 Å². The number of fused-ring (bicyclic) bond motifs is 1. The number of sulfonamides is 1. The molecule has 2 heterocycles.